The van der Waals surface area contributed by atoms with Crippen LogP contribution < -0.4 is 5.32 Å². The van der Waals surface area contributed by atoms with Crippen molar-refractivity contribution >= 4 is 11.7 Å². The Morgan fingerprint density at radius 3 is 2.14 bits per heavy atom. The highest BCUT2D eigenvalue weighted by atomic mass is 16.1. The fourth-order valence-corrected chi connectivity index (χ4v) is 1.05. The molecule has 1 amide bonds. The van der Waals surface area contributed by atoms with E-state index in [1.165, 1.54) is 6.08 Å². The molecule has 0 aromatic heterocycles. The number of ketones is 1. The summed E-state index contributed by atoms with van der Waals surface area (Å²) in [5.74, 6) is -0.309. The number of benzene rings is 1. The van der Waals surface area contributed by atoms with Crippen LogP contribution in [0, 0.1) is 0 Å². The van der Waals surface area contributed by atoms with E-state index in [-0.39, 0.29) is 11.7 Å². The van der Waals surface area contributed by atoms with Gasteiger partial charge in [0.1, 0.15) is 0 Å². The zero-order chi connectivity index (χ0) is 10.6. The van der Waals surface area contributed by atoms with Gasteiger partial charge in [-0.2, -0.15) is 0 Å². The smallest absolute Gasteiger partial charge is 0.251 e. The van der Waals surface area contributed by atoms with Gasteiger partial charge in [-0.25, -0.2) is 0 Å². The fraction of sp³-hybridized carbons (Fsp3) is 0.0909. The Kier molecular flexibility index (Phi) is 3.18. The lowest BCUT2D eigenvalue weighted by atomic mass is 10.1. The van der Waals surface area contributed by atoms with Crippen LogP contribution in [-0.4, -0.2) is 18.7 Å². The minimum atomic E-state index is -0.164. The summed E-state index contributed by atoms with van der Waals surface area (Å²) in [5.41, 5.74) is 1.07. The summed E-state index contributed by atoms with van der Waals surface area (Å²) in [6.45, 7) is 3.38. The summed E-state index contributed by atoms with van der Waals surface area (Å²) >= 11 is 0. The van der Waals surface area contributed by atoms with Crippen molar-refractivity contribution in [3.05, 3.63) is 48.0 Å². The predicted molar refractivity (Wildman–Crippen MR) is 54.4 cm³/mol. The lowest BCUT2D eigenvalue weighted by Crippen LogP contribution is -2.17. The van der Waals surface area contributed by atoms with Crippen molar-refractivity contribution in [2.75, 3.05) is 7.05 Å². The molecule has 3 heteroatoms. The van der Waals surface area contributed by atoms with Gasteiger partial charge in [0.05, 0.1) is 0 Å². The van der Waals surface area contributed by atoms with Gasteiger partial charge in [-0.15, -0.1) is 0 Å². The maximum atomic E-state index is 11.1. The zero-order valence-corrected chi connectivity index (χ0v) is 7.91. The monoisotopic (exact) mass is 189 g/mol. The second-order valence-electron chi connectivity index (χ2n) is 2.72. The number of rotatable bonds is 3. The molecule has 72 valence electrons. The van der Waals surface area contributed by atoms with Gasteiger partial charge in [0.2, 0.25) is 0 Å². The van der Waals surface area contributed by atoms with Crippen LogP contribution in [0.15, 0.2) is 36.9 Å². The van der Waals surface area contributed by atoms with Crippen molar-refractivity contribution in [1.82, 2.24) is 5.32 Å². The van der Waals surface area contributed by atoms with E-state index < -0.39 is 0 Å². The van der Waals surface area contributed by atoms with E-state index in [4.69, 9.17) is 0 Å². The highest BCUT2D eigenvalue weighted by molar-refractivity contribution is 6.04. The maximum Gasteiger partial charge on any atom is 0.251 e. The summed E-state index contributed by atoms with van der Waals surface area (Å²) in [7, 11) is 1.56. The van der Waals surface area contributed by atoms with Crippen LogP contribution in [-0.2, 0) is 0 Å². The summed E-state index contributed by atoms with van der Waals surface area (Å²) in [6, 6.07) is 6.42. The quantitative estimate of drug-likeness (QED) is 0.577. The summed E-state index contributed by atoms with van der Waals surface area (Å²) < 4.78 is 0. The molecule has 0 saturated carbocycles. The van der Waals surface area contributed by atoms with E-state index in [9.17, 15) is 9.59 Å². The van der Waals surface area contributed by atoms with Gasteiger partial charge in [0.15, 0.2) is 5.78 Å². The van der Waals surface area contributed by atoms with Gasteiger partial charge in [-0.1, -0.05) is 18.7 Å². The van der Waals surface area contributed by atoms with E-state index in [1.54, 1.807) is 31.3 Å². The lowest BCUT2D eigenvalue weighted by Gasteiger charge is -2.00. The zero-order valence-electron chi connectivity index (χ0n) is 7.91. The molecule has 0 bridgehead atoms. The molecule has 3 nitrogen and oxygen atoms in total. The Balaban J connectivity index is 2.94. The van der Waals surface area contributed by atoms with E-state index in [0.29, 0.717) is 11.1 Å². The van der Waals surface area contributed by atoms with Crippen molar-refractivity contribution in [3.8, 4) is 0 Å². The van der Waals surface area contributed by atoms with Gasteiger partial charge >= 0.3 is 0 Å². The van der Waals surface area contributed by atoms with E-state index in [2.05, 4.69) is 11.9 Å². The van der Waals surface area contributed by atoms with E-state index >= 15 is 0 Å². The SMILES string of the molecule is C=CC(=O)c1ccc(C(=O)NC)cc1. The fourth-order valence-electron chi connectivity index (χ4n) is 1.05. The van der Waals surface area contributed by atoms with Crippen molar-refractivity contribution in [2.45, 2.75) is 0 Å². The second-order valence-corrected chi connectivity index (χ2v) is 2.72. The first kappa shape index (κ1) is 10.2. The van der Waals surface area contributed by atoms with Gasteiger partial charge in [0, 0.05) is 18.2 Å². The molecule has 0 radical (unpaired) electrons. The molecule has 0 aliphatic heterocycles. The Morgan fingerprint density at radius 1 is 1.21 bits per heavy atom. The van der Waals surface area contributed by atoms with Crippen LogP contribution in [0.1, 0.15) is 20.7 Å². The molecular weight excluding hydrogens is 178 g/mol. The minimum absolute atomic E-state index is 0.145. The number of carbonyl (C=O) groups excluding carboxylic acids is 2. The summed E-state index contributed by atoms with van der Waals surface area (Å²) in [4.78, 5) is 22.3. The number of hydrogen-bond donors (Lipinski definition) is 1. The van der Waals surface area contributed by atoms with Crippen LogP contribution in [0.25, 0.3) is 0 Å². The number of nitrogens with one attached hydrogen (secondary N) is 1. The third-order valence-electron chi connectivity index (χ3n) is 1.84. The van der Waals surface area contributed by atoms with Crippen LogP contribution in [0.2, 0.25) is 0 Å². The molecule has 0 atom stereocenters. The van der Waals surface area contributed by atoms with E-state index in [1.807, 2.05) is 0 Å². The van der Waals surface area contributed by atoms with Crippen molar-refractivity contribution < 1.29 is 9.59 Å². The number of allylic oxidation sites excluding steroid dienone is 1. The van der Waals surface area contributed by atoms with Crippen molar-refractivity contribution in [1.29, 1.82) is 0 Å². The third kappa shape index (κ3) is 2.07. The molecule has 1 aromatic carbocycles. The molecule has 0 spiro atoms. The molecule has 14 heavy (non-hydrogen) atoms. The average molecular weight is 189 g/mol. The van der Waals surface area contributed by atoms with Gasteiger partial charge < -0.3 is 5.32 Å². The first-order chi connectivity index (χ1) is 6.69. The molecule has 0 aliphatic rings. The van der Waals surface area contributed by atoms with Gasteiger partial charge in [-0.3, -0.25) is 9.59 Å². The maximum absolute atomic E-state index is 11.1. The number of amides is 1. The average Bonchev–Trinajstić information content (AvgIpc) is 2.27. The summed E-state index contributed by atoms with van der Waals surface area (Å²) in [5, 5.41) is 2.50. The van der Waals surface area contributed by atoms with E-state index in [0.717, 1.165) is 0 Å². The third-order valence-corrected chi connectivity index (χ3v) is 1.84. The molecule has 0 heterocycles. The molecule has 0 aliphatic carbocycles. The van der Waals surface area contributed by atoms with Crippen molar-refractivity contribution in [3.63, 3.8) is 0 Å². The standard InChI is InChI=1S/C11H11NO2/c1-3-10(13)8-4-6-9(7-5-8)11(14)12-2/h3-7H,1H2,2H3,(H,12,14). The molecule has 0 fully saturated rings. The Bertz CT molecular complexity index is 365. The molecule has 1 rings (SSSR count). The Hall–Kier alpha value is -1.90. The highest BCUT2D eigenvalue weighted by Gasteiger charge is 2.04. The second kappa shape index (κ2) is 4.37. The normalized spacial score (nSPS) is 9.21. The highest BCUT2D eigenvalue weighted by Crippen LogP contribution is 2.05. The van der Waals surface area contributed by atoms with Crippen LogP contribution in [0.3, 0.4) is 0 Å². The molecule has 1 N–H and O–H groups in total. The predicted octanol–water partition coefficient (Wildman–Crippen LogP) is 1.41. The molecule has 0 unspecified atom stereocenters. The van der Waals surface area contributed by atoms with Gasteiger partial charge in [-0.05, 0) is 18.2 Å². The molecular formula is C11H11NO2. The lowest BCUT2D eigenvalue weighted by molar-refractivity contribution is 0.0961. The molecule has 0 saturated heterocycles. The molecule has 1 aromatic rings. The summed E-state index contributed by atoms with van der Waals surface area (Å²) in [6.07, 6.45) is 1.24. The topological polar surface area (TPSA) is 46.2 Å². The van der Waals surface area contributed by atoms with Crippen LogP contribution >= 0.6 is 0 Å². The van der Waals surface area contributed by atoms with Gasteiger partial charge in [0.25, 0.3) is 5.91 Å². The Labute approximate surface area is 82.4 Å². The number of hydrogen-bond acceptors (Lipinski definition) is 2. The van der Waals surface area contributed by atoms with Crippen molar-refractivity contribution in [2.24, 2.45) is 0 Å². The minimum Gasteiger partial charge on any atom is -0.355 e. The Morgan fingerprint density at radius 2 is 1.71 bits per heavy atom. The van der Waals surface area contributed by atoms with Crippen LogP contribution in [0.5, 0.6) is 0 Å². The van der Waals surface area contributed by atoms with Crippen LogP contribution in [0.4, 0.5) is 0 Å². The largest absolute Gasteiger partial charge is 0.355 e. The first-order valence-electron chi connectivity index (χ1n) is 4.18. The number of carbonyl (C=O) groups is 2. The first-order valence-corrected chi connectivity index (χ1v) is 4.18.